The van der Waals surface area contributed by atoms with Gasteiger partial charge in [-0.15, -0.1) is 0 Å². The fourth-order valence-electron chi connectivity index (χ4n) is 8.36. The number of nitrogens with two attached hydrogens (primary N) is 1. The third-order valence-electron chi connectivity index (χ3n) is 12.9. The quantitative estimate of drug-likeness (QED) is 0.0421. The number of carboxylic acid groups (broad SMARTS) is 1. The van der Waals surface area contributed by atoms with Crippen LogP contribution in [0.5, 0.6) is 5.75 Å². The predicted molar refractivity (Wildman–Crippen MR) is 293 cm³/mol. The number of aromatic hydroxyl groups is 1. The zero-order valence-electron chi connectivity index (χ0n) is 43.5. The van der Waals surface area contributed by atoms with Gasteiger partial charge in [-0.2, -0.15) is 0 Å². The third kappa shape index (κ3) is 18.8. The number of phenols is 1. The van der Waals surface area contributed by atoms with E-state index in [9.17, 15) is 58.8 Å². The molecule has 24 heteroatoms. The third-order valence-corrected chi connectivity index (χ3v) is 15.4. The molecule has 2 heterocycles. The highest BCUT2D eigenvalue weighted by molar-refractivity contribution is 8.76. The Morgan fingerprint density at radius 1 is 0.727 bits per heavy atom. The standard InChI is InChI=1S/C53H72N10O12S2/c1-5-29(2)56-39(23-32-13-7-6-8-14-32)47(68)60-42-27-76-77-28-43(51(72)63-45(31(4)65)53(74)75)61-52(73)44(30(3)64)62-46(67)38(17-11-12-22-54)57-49(70)41(25-34-26-55-37-16-10-9-15-36(34)37)59-48(69)40(58-50(42)71)24-33-18-20-35(66)21-19-33/h6-10,13-16,18-21,26,29-31,38-45,55-56,64-66H,5,11-12,17,22-25,27-28,54H2,1-4H3,(H,57,70)(H,58,71)(H,59,69)(H,60,68)(H,61,73)(H,62,67)(H,63,72)(H,74,75). The van der Waals surface area contributed by atoms with Gasteiger partial charge >= 0.3 is 5.97 Å². The van der Waals surface area contributed by atoms with Crippen LogP contribution in [0.2, 0.25) is 0 Å². The van der Waals surface area contributed by atoms with Crippen molar-refractivity contribution in [1.29, 1.82) is 0 Å². The number of fused-ring (bicyclic) bond motifs is 1. The van der Waals surface area contributed by atoms with E-state index in [4.69, 9.17) is 5.73 Å². The molecule has 11 atom stereocenters. The number of para-hydroxylation sites is 1. The first-order chi connectivity index (χ1) is 36.8. The van der Waals surface area contributed by atoms with Gasteiger partial charge in [0.2, 0.25) is 41.4 Å². The van der Waals surface area contributed by atoms with Gasteiger partial charge in [0.05, 0.1) is 18.2 Å². The van der Waals surface area contributed by atoms with Gasteiger partial charge in [0.1, 0.15) is 42.0 Å². The summed E-state index contributed by atoms with van der Waals surface area (Å²) in [7, 11) is 1.93. The highest BCUT2D eigenvalue weighted by atomic mass is 33.1. The summed E-state index contributed by atoms with van der Waals surface area (Å²) in [6.07, 6.45) is -0.181. The summed E-state index contributed by atoms with van der Waals surface area (Å²) in [4.78, 5) is 116. The van der Waals surface area contributed by atoms with E-state index < -0.39 is 108 Å². The molecule has 1 aliphatic heterocycles. The van der Waals surface area contributed by atoms with Crippen molar-refractivity contribution < 1.29 is 58.8 Å². The largest absolute Gasteiger partial charge is 0.508 e. The summed E-state index contributed by atoms with van der Waals surface area (Å²) < 4.78 is 0. The maximum absolute atomic E-state index is 14.9. The molecule has 5 rings (SSSR count). The Balaban J connectivity index is 1.61. The van der Waals surface area contributed by atoms with Crippen LogP contribution in [-0.2, 0) is 57.6 Å². The van der Waals surface area contributed by atoms with Gasteiger partial charge in [-0.05, 0) is 94.3 Å². The van der Waals surface area contributed by atoms with Crippen molar-refractivity contribution in [3.05, 3.63) is 102 Å². The van der Waals surface area contributed by atoms with Crippen molar-refractivity contribution in [3.63, 3.8) is 0 Å². The summed E-state index contributed by atoms with van der Waals surface area (Å²) in [6.45, 7) is 6.45. The maximum atomic E-state index is 14.9. The van der Waals surface area contributed by atoms with Crippen LogP contribution in [0.25, 0.3) is 10.9 Å². The Morgan fingerprint density at radius 2 is 1.35 bits per heavy atom. The number of benzene rings is 3. The van der Waals surface area contributed by atoms with Crippen LogP contribution in [0.15, 0.2) is 85.1 Å². The molecular formula is C53H72N10O12S2. The first-order valence-electron chi connectivity index (χ1n) is 25.6. The number of hydrogen-bond donors (Lipinski definition) is 14. The average molecular weight is 1110 g/mol. The molecule has 1 aliphatic rings. The SMILES string of the molecule is CCC(C)NC(Cc1ccccc1)C(=O)NC1CSSCC(C(=O)NC(C(=O)O)C(C)O)NC(=O)C(C(C)O)NC(=O)C(CCCCN)NC(=O)C(Cc2c[nH]c3ccccc23)NC(=O)C(Cc2ccc(O)cc2)NC1=O. The molecule has 3 aromatic carbocycles. The molecule has 1 aromatic heterocycles. The van der Waals surface area contributed by atoms with Gasteiger partial charge in [0.25, 0.3) is 0 Å². The molecule has 0 saturated carbocycles. The number of carbonyl (C=O) groups excluding carboxylic acids is 7. The maximum Gasteiger partial charge on any atom is 0.328 e. The van der Waals surface area contributed by atoms with E-state index in [1.807, 2.05) is 62.4 Å². The van der Waals surface area contributed by atoms with Crippen molar-refractivity contribution in [2.75, 3.05) is 18.1 Å². The van der Waals surface area contributed by atoms with E-state index in [2.05, 4.69) is 47.5 Å². The van der Waals surface area contributed by atoms with E-state index in [0.29, 0.717) is 30.4 Å². The number of H-pyrrole nitrogens is 1. The normalized spacial score (nSPS) is 22.4. The molecule has 4 aromatic rings. The van der Waals surface area contributed by atoms with Crippen LogP contribution in [0, 0.1) is 0 Å². The second kappa shape index (κ2) is 30.3. The summed E-state index contributed by atoms with van der Waals surface area (Å²) >= 11 is 0. The van der Waals surface area contributed by atoms with Crippen LogP contribution >= 0.6 is 21.6 Å². The second-order valence-electron chi connectivity index (χ2n) is 19.1. The molecule has 7 amide bonds. The molecule has 15 N–H and O–H groups in total. The number of hydrogen-bond acceptors (Lipinski definition) is 15. The van der Waals surface area contributed by atoms with Crippen LogP contribution in [0.3, 0.4) is 0 Å². The van der Waals surface area contributed by atoms with Gasteiger partial charge in [-0.3, -0.25) is 33.6 Å². The predicted octanol–water partition coefficient (Wildman–Crippen LogP) is 0.422. The van der Waals surface area contributed by atoms with Gasteiger partial charge < -0.3 is 73.7 Å². The van der Waals surface area contributed by atoms with Crippen LogP contribution < -0.4 is 48.3 Å². The van der Waals surface area contributed by atoms with E-state index in [0.717, 1.165) is 45.0 Å². The van der Waals surface area contributed by atoms with Gasteiger partial charge in [0.15, 0.2) is 6.04 Å². The van der Waals surface area contributed by atoms with Crippen LogP contribution in [0.4, 0.5) is 0 Å². The molecule has 0 bridgehead atoms. The zero-order chi connectivity index (χ0) is 56.2. The number of aliphatic hydroxyl groups excluding tert-OH is 2. The minimum absolute atomic E-state index is 0.0167. The fraction of sp³-hybridized carbons (Fsp3) is 0.472. The second-order valence-corrected chi connectivity index (χ2v) is 21.7. The average Bonchev–Trinajstić information content (AvgIpc) is 3.81. The number of aliphatic carboxylic acids is 1. The summed E-state index contributed by atoms with van der Waals surface area (Å²) in [5.74, 6) is -8.26. The Labute approximate surface area is 454 Å². The van der Waals surface area contributed by atoms with E-state index in [-0.39, 0.29) is 55.5 Å². The lowest BCUT2D eigenvalue weighted by molar-refractivity contribution is -0.145. The lowest BCUT2D eigenvalue weighted by Crippen LogP contribution is -2.62. The molecule has 77 heavy (non-hydrogen) atoms. The van der Waals surface area contributed by atoms with Crippen molar-refractivity contribution >= 4 is 79.8 Å². The number of carboxylic acids is 1. The summed E-state index contributed by atoms with van der Waals surface area (Å²) in [5.41, 5.74) is 8.47. The minimum Gasteiger partial charge on any atom is -0.508 e. The Bertz CT molecular complexity index is 2620. The first-order valence-corrected chi connectivity index (χ1v) is 28.1. The monoisotopic (exact) mass is 1100 g/mol. The smallest absolute Gasteiger partial charge is 0.328 e. The molecule has 0 radical (unpaired) electrons. The van der Waals surface area contributed by atoms with Gasteiger partial charge in [-0.25, -0.2) is 4.79 Å². The van der Waals surface area contributed by atoms with Crippen LogP contribution in [-0.4, -0.2) is 157 Å². The molecule has 1 saturated heterocycles. The van der Waals surface area contributed by atoms with Gasteiger partial charge in [0, 0.05) is 47.5 Å². The number of aromatic nitrogens is 1. The molecule has 22 nitrogen and oxygen atoms in total. The Morgan fingerprint density at radius 3 is 2.00 bits per heavy atom. The number of rotatable bonds is 20. The topological polar surface area (TPSA) is 356 Å². The molecule has 0 aliphatic carbocycles. The summed E-state index contributed by atoms with van der Waals surface area (Å²) in [5, 5.41) is 63.6. The van der Waals surface area contributed by atoms with Crippen molar-refractivity contribution in [3.8, 4) is 5.75 Å². The first kappa shape index (κ1) is 61.2. The van der Waals surface area contributed by atoms with Crippen molar-refractivity contribution in [1.82, 2.24) is 47.5 Å². The number of aliphatic hydroxyl groups is 2. The molecule has 0 spiro atoms. The molecular weight excluding hydrogens is 1030 g/mol. The number of aromatic amines is 1. The zero-order valence-corrected chi connectivity index (χ0v) is 45.1. The van der Waals surface area contributed by atoms with Gasteiger partial charge in [-0.1, -0.05) is 89.2 Å². The fourth-order valence-corrected chi connectivity index (χ4v) is 10.7. The number of amides is 7. The Hall–Kier alpha value is -6.70. The number of phenolic OH excluding ortho intramolecular Hbond substituents is 1. The lowest BCUT2D eigenvalue weighted by Gasteiger charge is -2.29. The van der Waals surface area contributed by atoms with E-state index in [1.165, 1.54) is 19.1 Å². The number of nitrogens with one attached hydrogen (secondary N) is 9. The highest BCUT2D eigenvalue weighted by Crippen LogP contribution is 2.25. The van der Waals surface area contributed by atoms with Crippen LogP contribution in [0.1, 0.15) is 70.1 Å². The van der Waals surface area contributed by atoms with Crippen molar-refractivity contribution in [2.24, 2.45) is 5.73 Å². The molecule has 11 unspecified atom stereocenters. The number of carbonyl (C=O) groups is 8. The molecule has 418 valence electrons. The van der Waals surface area contributed by atoms with E-state index >= 15 is 0 Å². The van der Waals surface area contributed by atoms with E-state index in [1.54, 1.807) is 24.4 Å². The highest BCUT2D eigenvalue weighted by Gasteiger charge is 2.37. The summed E-state index contributed by atoms with van der Waals surface area (Å²) in [6, 6.07) is 10.7. The molecule has 1 fully saturated rings. The number of unbranched alkanes of at least 4 members (excludes halogenated alkanes) is 1. The Kier molecular flexibility index (Phi) is 24.1. The minimum atomic E-state index is -1.81. The van der Waals surface area contributed by atoms with Crippen molar-refractivity contribution in [2.45, 2.75) is 139 Å². The lowest BCUT2D eigenvalue weighted by atomic mass is 10.0.